The van der Waals surface area contributed by atoms with Crippen molar-refractivity contribution < 1.29 is 13.9 Å². The van der Waals surface area contributed by atoms with E-state index >= 15 is 0 Å². The van der Waals surface area contributed by atoms with Gasteiger partial charge in [0.25, 0.3) is 5.91 Å². The van der Waals surface area contributed by atoms with Gasteiger partial charge in [0.15, 0.2) is 12.4 Å². The number of rotatable bonds is 2. The maximum Gasteiger partial charge on any atom is 0.259 e. The number of amides is 1. The van der Waals surface area contributed by atoms with E-state index in [1.807, 2.05) is 0 Å². The number of benzene rings is 1. The number of aromatic nitrogens is 1. The molecule has 4 nitrogen and oxygen atoms in total. The van der Waals surface area contributed by atoms with Crippen LogP contribution in [0.15, 0.2) is 48.8 Å². The van der Waals surface area contributed by atoms with Crippen LogP contribution in [0.3, 0.4) is 0 Å². The summed E-state index contributed by atoms with van der Waals surface area (Å²) in [7, 11) is 0. The van der Waals surface area contributed by atoms with E-state index in [9.17, 15) is 14.4 Å². The molecular weight excluding hydrogens is 295 g/mol. The zero-order chi connectivity index (χ0) is 16.2. The minimum atomic E-state index is -0.250. The van der Waals surface area contributed by atoms with Crippen LogP contribution in [0.4, 0.5) is 4.39 Å². The highest BCUT2D eigenvalue weighted by Crippen LogP contribution is 2.27. The molecule has 3 rings (SSSR count). The maximum absolute atomic E-state index is 13.1. The van der Waals surface area contributed by atoms with E-state index in [-0.39, 0.29) is 17.6 Å². The van der Waals surface area contributed by atoms with Crippen LogP contribution in [-0.4, -0.2) is 23.9 Å². The third-order valence-electron chi connectivity index (χ3n) is 4.32. The van der Waals surface area contributed by atoms with Crippen LogP contribution in [-0.2, 0) is 0 Å². The lowest BCUT2D eigenvalue weighted by atomic mass is 9.94. The molecule has 1 aromatic carbocycles. The lowest BCUT2D eigenvalue weighted by molar-refractivity contribution is -0.605. The molecule has 1 amide bonds. The fourth-order valence-electron chi connectivity index (χ4n) is 3.10. The monoisotopic (exact) mass is 314 g/mol. The Morgan fingerprint density at radius 1 is 1.22 bits per heavy atom. The van der Waals surface area contributed by atoms with Gasteiger partial charge in [-0.1, -0.05) is 18.6 Å². The largest absolute Gasteiger partial charge is 0.619 e. The first-order valence-electron chi connectivity index (χ1n) is 7.87. The Bertz CT molecular complexity index is 688. The third kappa shape index (κ3) is 3.67. The number of carbonyl (C=O) groups is 1. The SMILES string of the molecule is O=C(c1ccc[n+]([O-])c1)N1CCCC[C@H](c2ccc(F)cc2)C1. The maximum atomic E-state index is 13.1. The van der Waals surface area contributed by atoms with E-state index in [0.29, 0.717) is 23.4 Å². The van der Waals surface area contributed by atoms with E-state index in [2.05, 4.69) is 0 Å². The molecule has 1 aliphatic rings. The van der Waals surface area contributed by atoms with Crippen molar-refractivity contribution in [3.63, 3.8) is 0 Å². The molecule has 23 heavy (non-hydrogen) atoms. The normalized spacial score (nSPS) is 18.5. The Morgan fingerprint density at radius 3 is 2.74 bits per heavy atom. The Kier molecular flexibility index (Phi) is 4.55. The molecule has 1 aromatic heterocycles. The fraction of sp³-hybridized carbons (Fsp3) is 0.333. The van der Waals surface area contributed by atoms with Crippen LogP contribution >= 0.6 is 0 Å². The summed E-state index contributed by atoms with van der Waals surface area (Å²) in [4.78, 5) is 14.5. The molecule has 0 saturated carbocycles. The highest BCUT2D eigenvalue weighted by atomic mass is 19.1. The summed E-state index contributed by atoms with van der Waals surface area (Å²) in [5, 5.41) is 11.4. The molecule has 5 heteroatoms. The Labute approximate surface area is 134 Å². The molecule has 1 fully saturated rings. The number of halogens is 1. The molecule has 1 atom stereocenters. The van der Waals surface area contributed by atoms with Gasteiger partial charge in [-0.15, -0.1) is 0 Å². The van der Waals surface area contributed by atoms with Crippen LogP contribution in [0, 0.1) is 11.0 Å². The van der Waals surface area contributed by atoms with Gasteiger partial charge in [-0.25, -0.2) is 4.39 Å². The second-order valence-corrected chi connectivity index (χ2v) is 5.95. The lowest BCUT2D eigenvalue weighted by Gasteiger charge is -2.24. The number of hydrogen-bond acceptors (Lipinski definition) is 2. The number of pyridine rings is 1. The Hall–Kier alpha value is -2.43. The highest BCUT2D eigenvalue weighted by molar-refractivity contribution is 5.93. The van der Waals surface area contributed by atoms with Gasteiger partial charge >= 0.3 is 0 Å². The van der Waals surface area contributed by atoms with Crippen LogP contribution in [0.25, 0.3) is 0 Å². The van der Waals surface area contributed by atoms with Gasteiger partial charge in [0.1, 0.15) is 11.4 Å². The summed E-state index contributed by atoms with van der Waals surface area (Å²) in [6, 6.07) is 9.75. The summed E-state index contributed by atoms with van der Waals surface area (Å²) in [6.45, 7) is 1.28. The smallest absolute Gasteiger partial charge is 0.259 e. The van der Waals surface area contributed by atoms with Crippen molar-refractivity contribution in [3.05, 3.63) is 70.9 Å². The molecular formula is C18H19FN2O2. The van der Waals surface area contributed by atoms with E-state index in [4.69, 9.17) is 0 Å². The van der Waals surface area contributed by atoms with Gasteiger partial charge in [-0.05, 0) is 36.6 Å². The van der Waals surface area contributed by atoms with Crippen molar-refractivity contribution in [1.29, 1.82) is 0 Å². The van der Waals surface area contributed by atoms with Crippen LogP contribution in [0.2, 0.25) is 0 Å². The van der Waals surface area contributed by atoms with Gasteiger partial charge in [0.05, 0.1) is 0 Å². The second-order valence-electron chi connectivity index (χ2n) is 5.95. The molecule has 1 aliphatic heterocycles. The summed E-state index contributed by atoms with van der Waals surface area (Å²) in [5.41, 5.74) is 1.46. The minimum Gasteiger partial charge on any atom is -0.619 e. The fourth-order valence-corrected chi connectivity index (χ4v) is 3.10. The van der Waals surface area contributed by atoms with Gasteiger partial charge in [-0.2, -0.15) is 4.73 Å². The number of likely N-dealkylation sites (tertiary alicyclic amines) is 1. The molecule has 0 bridgehead atoms. The quantitative estimate of drug-likeness (QED) is 0.632. The topological polar surface area (TPSA) is 47.2 Å². The van der Waals surface area contributed by atoms with Gasteiger partial charge < -0.3 is 10.1 Å². The average Bonchev–Trinajstić information content (AvgIpc) is 2.81. The Morgan fingerprint density at radius 2 is 2.00 bits per heavy atom. The number of hydrogen-bond donors (Lipinski definition) is 0. The zero-order valence-corrected chi connectivity index (χ0v) is 12.8. The number of nitrogens with zero attached hydrogens (tertiary/aromatic N) is 2. The second kappa shape index (κ2) is 6.77. The van der Waals surface area contributed by atoms with Crippen molar-refractivity contribution in [1.82, 2.24) is 4.90 Å². The minimum absolute atomic E-state index is 0.121. The molecule has 0 N–H and O–H groups in total. The summed E-state index contributed by atoms with van der Waals surface area (Å²) in [5.74, 6) is -0.172. The first-order chi connectivity index (χ1) is 11.1. The lowest BCUT2D eigenvalue weighted by Crippen LogP contribution is -2.36. The van der Waals surface area contributed by atoms with Crippen molar-refractivity contribution in [3.8, 4) is 0 Å². The van der Waals surface area contributed by atoms with Crippen LogP contribution < -0.4 is 4.73 Å². The first-order valence-corrected chi connectivity index (χ1v) is 7.87. The summed E-state index contributed by atoms with van der Waals surface area (Å²) < 4.78 is 13.7. The van der Waals surface area contributed by atoms with E-state index in [0.717, 1.165) is 24.8 Å². The predicted octanol–water partition coefficient (Wildman–Crippen LogP) is 2.87. The molecule has 2 aromatic rings. The molecule has 2 heterocycles. The predicted molar refractivity (Wildman–Crippen MR) is 84.3 cm³/mol. The molecule has 0 radical (unpaired) electrons. The summed E-state index contributed by atoms with van der Waals surface area (Å²) in [6.07, 6.45) is 5.61. The van der Waals surface area contributed by atoms with E-state index in [1.165, 1.54) is 24.5 Å². The van der Waals surface area contributed by atoms with Gasteiger partial charge in [0, 0.05) is 25.1 Å². The van der Waals surface area contributed by atoms with E-state index in [1.54, 1.807) is 29.2 Å². The molecule has 0 unspecified atom stereocenters. The summed E-state index contributed by atoms with van der Waals surface area (Å²) >= 11 is 0. The Balaban J connectivity index is 1.79. The zero-order valence-electron chi connectivity index (χ0n) is 12.8. The molecule has 0 spiro atoms. The average molecular weight is 314 g/mol. The third-order valence-corrected chi connectivity index (χ3v) is 4.32. The molecule has 120 valence electrons. The highest BCUT2D eigenvalue weighted by Gasteiger charge is 2.25. The van der Waals surface area contributed by atoms with Crippen molar-refractivity contribution in [2.24, 2.45) is 0 Å². The van der Waals surface area contributed by atoms with Gasteiger partial charge in [0.2, 0.25) is 0 Å². The van der Waals surface area contributed by atoms with Crippen molar-refractivity contribution >= 4 is 5.91 Å². The van der Waals surface area contributed by atoms with Crippen LogP contribution in [0.1, 0.15) is 41.1 Å². The van der Waals surface area contributed by atoms with Crippen molar-refractivity contribution in [2.45, 2.75) is 25.2 Å². The molecule has 1 saturated heterocycles. The van der Waals surface area contributed by atoms with Gasteiger partial charge in [-0.3, -0.25) is 4.79 Å². The number of carbonyl (C=O) groups excluding carboxylic acids is 1. The van der Waals surface area contributed by atoms with E-state index < -0.39 is 0 Å². The molecule has 0 aliphatic carbocycles. The first kappa shape index (κ1) is 15.5. The standard InChI is InChI=1S/C18H19FN2O2/c19-17-8-6-14(7-9-17)15-4-1-2-10-20(12-15)18(22)16-5-3-11-21(23)13-16/h3,5-9,11,13,15H,1-2,4,10,12H2/t15-/m0/s1. The van der Waals surface area contributed by atoms with Crippen molar-refractivity contribution in [2.75, 3.05) is 13.1 Å². The van der Waals surface area contributed by atoms with Crippen LogP contribution in [0.5, 0.6) is 0 Å².